The molecule has 0 aliphatic rings. The Kier molecular flexibility index (Phi) is 8.78. The van der Waals surface area contributed by atoms with E-state index in [-0.39, 0.29) is 43.5 Å². The number of ether oxygens (including phenoxy) is 4. The molecule has 0 unspecified atom stereocenters. The van der Waals surface area contributed by atoms with Crippen molar-refractivity contribution in [1.29, 1.82) is 0 Å². The molecule has 0 fully saturated rings. The second-order valence-corrected chi connectivity index (χ2v) is 8.28. The second kappa shape index (κ2) is 11.6. The maximum absolute atomic E-state index is 14.9. The first-order chi connectivity index (χ1) is 17.9. The molecule has 3 rings (SSSR count). The van der Waals surface area contributed by atoms with Gasteiger partial charge in [0.15, 0.2) is 11.5 Å². The van der Waals surface area contributed by atoms with Gasteiger partial charge in [-0.05, 0) is 34.1 Å². The summed E-state index contributed by atoms with van der Waals surface area (Å²) in [7, 11) is 2.00. The molecule has 14 heteroatoms. The van der Waals surface area contributed by atoms with E-state index in [1.165, 1.54) is 25.3 Å². The predicted octanol–water partition coefficient (Wildman–Crippen LogP) is 4.33. The number of methoxy groups -OCH3 is 1. The van der Waals surface area contributed by atoms with Crippen LogP contribution >= 0.6 is 15.9 Å². The standard InChI is InChI=1S/C24H19BrF4N2O7/c1-4-9-36-21(33)22(35-3)38-17-8-6-5-7-16(17)37-18-11-15(14(26)10-13(18)25)31-20(32)12-19(24(27,28)29)30(2)23(31)34/h4-8,10-12,22H,1,9H2,2-3H3/t22-/m1/s1. The van der Waals surface area contributed by atoms with Crippen molar-refractivity contribution in [2.45, 2.75) is 12.5 Å². The second-order valence-electron chi connectivity index (χ2n) is 7.43. The van der Waals surface area contributed by atoms with Crippen molar-refractivity contribution >= 4 is 21.9 Å². The summed E-state index contributed by atoms with van der Waals surface area (Å²) < 4.78 is 76.1. The largest absolute Gasteiger partial charge is 0.457 e. The summed E-state index contributed by atoms with van der Waals surface area (Å²) in [4.78, 5) is 37.2. The number of halogens is 5. The fourth-order valence-corrected chi connectivity index (χ4v) is 3.55. The Morgan fingerprint density at radius 3 is 2.39 bits per heavy atom. The molecule has 0 saturated carbocycles. The highest BCUT2D eigenvalue weighted by atomic mass is 79.9. The van der Waals surface area contributed by atoms with Crippen LogP contribution in [0.4, 0.5) is 17.6 Å². The summed E-state index contributed by atoms with van der Waals surface area (Å²) in [6.07, 6.45) is -5.12. The van der Waals surface area contributed by atoms with Crippen LogP contribution < -0.4 is 20.7 Å². The first kappa shape index (κ1) is 28.7. The van der Waals surface area contributed by atoms with Crippen LogP contribution in [0.2, 0.25) is 0 Å². The molecule has 9 nitrogen and oxygen atoms in total. The SMILES string of the molecule is C=CCOC(=O)[C@H](OC)Oc1ccccc1Oc1cc(-n2c(=O)cc(C(F)(F)F)n(C)c2=O)c(F)cc1Br. The molecule has 0 bridgehead atoms. The van der Waals surface area contributed by atoms with Crippen LogP contribution in [0.3, 0.4) is 0 Å². The van der Waals surface area contributed by atoms with Crippen molar-refractivity contribution in [3.63, 3.8) is 0 Å². The summed E-state index contributed by atoms with van der Waals surface area (Å²) in [6, 6.07) is 7.95. The Labute approximate surface area is 220 Å². The number of aromatic nitrogens is 2. The minimum atomic E-state index is -4.99. The first-order valence-corrected chi connectivity index (χ1v) is 11.3. The number of nitrogens with zero attached hydrogens (tertiary/aromatic N) is 2. The van der Waals surface area contributed by atoms with Crippen LogP contribution in [0.5, 0.6) is 17.2 Å². The van der Waals surface area contributed by atoms with Gasteiger partial charge in [-0.2, -0.15) is 13.2 Å². The van der Waals surface area contributed by atoms with Crippen molar-refractivity contribution < 1.29 is 41.3 Å². The van der Waals surface area contributed by atoms with Gasteiger partial charge in [0.05, 0.1) is 10.2 Å². The number of rotatable bonds is 9. The molecule has 2 aromatic carbocycles. The zero-order valence-corrected chi connectivity index (χ0v) is 21.3. The van der Waals surface area contributed by atoms with Gasteiger partial charge in [-0.1, -0.05) is 24.8 Å². The highest BCUT2D eigenvalue weighted by Gasteiger charge is 2.35. The Bertz CT molecular complexity index is 1480. The highest BCUT2D eigenvalue weighted by Crippen LogP contribution is 2.37. The van der Waals surface area contributed by atoms with Gasteiger partial charge in [-0.15, -0.1) is 0 Å². The van der Waals surface area contributed by atoms with Crippen LogP contribution in [0, 0.1) is 5.82 Å². The average molecular weight is 603 g/mol. The van der Waals surface area contributed by atoms with E-state index in [0.29, 0.717) is 0 Å². The Morgan fingerprint density at radius 2 is 1.79 bits per heavy atom. The number of esters is 1. The van der Waals surface area contributed by atoms with Crippen molar-refractivity contribution in [3.8, 4) is 22.9 Å². The molecule has 202 valence electrons. The van der Waals surface area contributed by atoms with Crippen molar-refractivity contribution in [1.82, 2.24) is 9.13 Å². The highest BCUT2D eigenvalue weighted by molar-refractivity contribution is 9.10. The molecule has 0 saturated heterocycles. The van der Waals surface area contributed by atoms with Crippen LogP contribution in [0.25, 0.3) is 5.69 Å². The molecule has 0 N–H and O–H groups in total. The van der Waals surface area contributed by atoms with Crippen molar-refractivity contribution in [2.24, 2.45) is 7.05 Å². The molecule has 0 radical (unpaired) electrons. The van der Waals surface area contributed by atoms with Gasteiger partial charge in [0.2, 0.25) is 0 Å². The van der Waals surface area contributed by atoms with Gasteiger partial charge in [0, 0.05) is 26.3 Å². The zero-order valence-electron chi connectivity index (χ0n) is 19.8. The fraction of sp³-hybridized carbons (Fsp3) is 0.208. The summed E-state index contributed by atoms with van der Waals surface area (Å²) in [5.74, 6) is -2.11. The molecular weight excluding hydrogens is 584 g/mol. The van der Waals surface area contributed by atoms with E-state index in [4.69, 9.17) is 18.9 Å². The maximum Gasteiger partial charge on any atom is 0.431 e. The van der Waals surface area contributed by atoms with Crippen LogP contribution in [-0.4, -0.2) is 35.1 Å². The number of carbonyl (C=O) groups excluding carboxylic acids is 1. The molecule has 1 aromatic heterocycles. The van der Waals surface area contributed by atoms with Gasteiger partial charge in [0.1, 0.15) is 23.9 Å². The third kappa shape index (κ3) is 6.14. The van der Waals surface area contributed by atoms with Gasteiger partial charge < -0.3 is 18.9 Å². The van der Waals surface area contributed by atoms with Crippen LogP contribution in [-0.2, 0) is 27.5 Å². The van der Waals surface area contributed by atoms with E-state index in [1.54, 1.807) is 12.1 Å². The minimum absolute atomic E-state index is 0.00278. The van der Waals surface area contributed by atoms with E-state index < -0.39 is 46.9 Å². The lowest BCUT2D eigenvalue weighted by molar-refractivity contribution is -0.172. The average Bonchev–Trinajstić information content (AvgIpc) is 2.86. The molecule has 1 heterocycles. The zero-order chi connectivity index (χ0) is 28.2. The Hall–Kier alpha value is -3.91. The molecule has 0 aliphatic heterocycles. The normalized spacial score (nSPS) is 12.1. The van der Waals surface area contributed by atoms with Crippen LogP contribution in [0.15, 0.2) is 69.2 Å². The number of hydrogen-bond acceptors (Lipinski definition) is 7. The number of para-hydroxylation sites is 2. The molecule has 3 aromatic rings. The summed E-state index contributed by atoms with van der Waals surface area (Å²) in [5.41, 5.74) is -4.99. The first-order valence-electron chi connectivity index (χ1n) is 10.5. The third-order valence-electron chi connectivity index (χ3n) is 4.91. The number of hydrogen-bond donors (Lipinski definition) is 0. The maximum atomic E-state index is 14.9. The molecule has 0 amide bonds. The van der Waals surface area contributed by atoms with E-state index in [9.17, 15) is 31.9 Å². The lowest BCUT2D eigenvalue weighted by Crippen LogP contribution is -2.41. The third-order valence-corrected chi connectivity index (χ3v) is 5.53. The van der Waals surface area contributed by atoms with Crippen molar-refractivity contribution in [3.05, 3.63) is 91.9 Å². The van der Waals surface area contributed by atoms with Gasteiger partial charge in [-0.3, -0.25) is 9.36 Å². The minimum Gasteiger partial charge on any atom is -0.457 e. The van der Waals surface area contributed by atoms with E-state index in [0.717, 1.165) is 19.2 Å². The lowest BCUT2D eigenvalue weighted by atomic mass is 10.2. The predicted molar refractivity (Wildman–Crippen MR) is 129 cm³/mol. The number of carbonyl (C=O) groups is 1. The lowest BCUT2D eigenvalue weighted by Gasteiger charge is -2.19. The van der Waals surface area contributed by atoms with Crippen LogP contribution in [0.1, 0.15) is 5.69 Å². The van der Waals surface area contributed by atoms with E-state index >= 15 is 0 Å². The Balaban J connectivity index is 2.04. The smallest absolute Gasteiger partial charge is 0.431 e. The molecule has 0 spiro atoms. The Morgan fingerprint density at radius 1 is 1.13 bits per heavy atom. The van der Waals surface area contributed by atoms with Gasteiger partial charge in [0.25, 0.3) is 11.8 Å². The molecule has 1 atom stereocenters. The van der Waals surface area contributed by atoms with E-state index in [1.807, 2.05) is 0 Å². The van der Waals surface area contributed by atoms with Gasteiger partial charge in [-0.25, -0.2) is 18.5 Å². The van der Waals surface area contributed by atoms with E-state index in [2.05, 4.69) is 22.5 Å². The van der Waals surface area contributed by atoms with Gasteiger partial charge >= 0.3 is 17.8 Å². The molecular formula is C24H19BrF4N2O7. The van der Waals surface area contributed by atoms with Crippen molar-refractivity contribution in [2.75, 3.05) is 13.7 Å². The quantitative estimate of drug-likeness (QED) is 0.156. The number of benzene rings is 2. The fourth-order valence-electron chi connectivity index (χ4n) is 3.15. The molecule has 0 aliphatic carbocycles. The topological polar surface area (TPSA) is 98.0 Å². The summed E-state index contributed by atoms with van der Waals surface area (Å²) >= 11 is 3.11. The number of alkyl halides is 3. The molecule has 38 heavy (non-hydrogen) atoms. The summed E-state index contributed by atoms with van der Waals surface area (Å²) in [5, 5.41) is 0. The monoisotopic (exact) mass is 602 g/mol. The summed E-state index contributed by atoms with van der Waals surface area (Å²) in [6.45, 7) is 3.35.